The van der Waals surface area contributed by atoms with Crippen molar-refractivity contribution in [1.82, 2.24) is 10.6 Å². The van der Waals surface area contributed by atoms with Crippen LogP contribution in [0.15, 0.2) is 60.7 Å². The summed E-state index contributed by atoms with van der Waals surface area (Å²) in [5.41, 5.74) is 1.44. The third kappa shape index (κ3) is 8.57. The van der Waals surface area contributed by atoms with Crippen molar-refractivity contribution in [2.75, 3.05) is 0 Å². The van der Waals surface area contributed by atoms with E-state index in [9.17, 15) is 24.3 Å². The normalized spacial score (nSPS) is 12.3. The van der Waals surface area contributed by atoms with E-state index in [1.165, 1.54) is 0 Å². The molecule has 2 atom stereocenters. The van der Waals surface area contributed by atoms with Gasteiger partial charge in [-0.1, -0.05) is 60.7 Å². The second kappa shape index (κ2) is 12.0. The molecule has 164 valence electrons. The van der Waals surface area contributed by atoms with Gasteiger partial charge in [0.15, 0.2) is 0 Å². The van der Waals surface area contributed by atoms with E-state index < -0.39 is 42.4 Å². The SMILES string of the molecule is O=C(O)CCC(NC(=O)OCc1ccccc1)C(=O)N[C@@H](Cc1ccccc1)C(=O)O. The molecule has 2 rings (SSSR count). The van der Waals surface area contributed by atoms with Crippen molar-refractivity contribution in [2.45, 2.75) is 38.0 Å². The Morgan fingerprint density at radius 3 is 1.94 bits per heavy atom. The molecule has 1 unspecified atom stereocenters. The molecule has 0 saturated heterocycles. The topological polar surface area (TPSA) is 142 Å². The van der Waals surface area contributed by atoms with Crippen molar-refractivity contribution in [3.63, 3.8) is 0 Å². The number of carbonyl (C=O) groups excluding carboxylic acids is 2. The minimum absolute atomic E-state index is 0.0337. The van der Waals surface area contributed by atoms with Gasteiger partial charge in [0.2, 0.25) is 5.91 Å². The first-order chi connectivity index (χ1) is 14.8. The molecule has 0 heterocycles. The molecule has 0 spiro atoms. The van der Waals surface area contributed by atoms with Crippen LogP contribution in [0.5, 0.6) is 0 Å². The number of hydrogen-bond acceptors (Lipinski definition) is 5. The average molecular weight is 428 g/mol. The van der Waals surface area contributed by atoms with Gasteiger partial charge in [-0.25, -0.2) is 9.59 Å². The zero-order valence-electron chi connectivity index (χ0n) is 16.7. The highest BCUT2D eigenvalue weighted by molar-refractivity contribution is 5.89. The number of amides is 2. The number of carboxylic acid groups (broad SMARTS) is 2. The van der Waals surface area contributed by atoms with Crippen LogP contribution in [0.4, 0.5) is 4.79 Å². The third-order valence-corrected chi connectivity index (χ3v) is 4.37. The first-order valence-corrected chi connectivity index (χ1v) is 9.61. The quantitative estimate of drug-likeness (QED) is 0.428. The number of ether oxygens (including phenoxy) is 1. The summed E-state index contributed by atoms with van der Waals surface area (Å²) in [6.45, 7) is -0.0360. The van der Waals surface area contributed by atoms with E-state index in [4.69, 9.17) is 9.84 Å². The molecule has 0 bridgehead atoms. The minimum atomic E-state index is -1.27. The molecule has 0 aliphatic carbocycles. The van der Waals surface area contributed by atoms with Crippen molar-refractivity contribution < 1.29 is 34.1 Å². The fourth-order valence-electron chi connectivity index (χ4n) is 2.77. The number of nitrogens with one attached hydrogen (secondary N) is 2. The van der Waals surface area contributed by atoms with Crippen LogP contribution < -0.4 is 10.6 Å². The highest BCUT2D eigenvalue weighted by atomic mass is 16.5. The predicted molar refractivity (Wildman–Crippen MR) is 110 cm³/mol. The van der Waals surface area contributed by atoms with Crippen molar-refractivity contribution in [1.29, 1.82) is 0 Å². The molecule has 0 aliphatic heterocycles. The maximum Gasteiger partial charge on any atom is 0.408 e. The van der Waals surface area contributed by atoms with Crippen molar-refractivity contribution in [3.8, 4) is 0 Å². The van der Waals surface area contributed by atoms with Crippen LogP contribution in [0.1, 0.15) is 24.0 Å². The number of aliphatic carboxylic acids is 2. The molecule has 31 heavy (non-hydrogen) atoms. The van der Waals surface area contributed by atoms with Crippen LogP contribution in [-0.2, 0) is 32.1 Å². The smallest absolute Gasteiger partial charge is 0.408 e. The van der Waals surface area contributed by atoms with Crippen molar-refractivity contribution in [3.05, 3.63) is 71.8 Å². The zero-order chi connectivity index (χ0) is 22.6. The molecule has 2 amide bonds. The number of alkyl carbamates (subject to hydrolysis) is 1. The van der Waals surface area contributed by atoms with Crippen LogP contribution in [0.25, 0.3) is 0 Å². The summed E-state index contributed by atoms with van der Waals surface area (Å²) in [5.74, 6) is -3.21. The van der Waals surface area contributed by atoms with Crippen LogP contribution in [0.2, 0.25) is 0 Å². The van der Waals surface area contributed by atoms with E-state index in [0.29, 0.717) is 5.56 Å². The summed E-state index contributed by atoms with van der Waals surface area (Å²) in [7, 11) is 0. The van der Waals surface area contributed by atoms with Gasteiger partial charge in [-0.2, -0.15) is 0 Å². The van der Waals surface area contributed by atoms with Gasteiger partial charge < -0.3 is 25.6 Å². The van der Waals surface area contributed by atoms with E-state index in [0.717, 1.165) is 5.56 Å². The second-order valence-electron chi connectivity index (χ2n) is 6.78. The second-order valence-corrected chi connectivity index (χ2v) is 6.78. The Labute approximate surface area is 179 Å². The molecule has 2 aromatic carbocycles. The molecule has 2 aromatic rings. The summed E-state index contributed by atoms with van der Waals surface area (Å²) in [6, 6.07) is 15.1. The van der Waals surface area contributed by atoms with Gasteiger partial charge >= 0.3 is 18.0 Å². The lowest BCUT2D eigenvalue weighted by Crippen LogP contribution is -2.52. The average Bonchev–Trinajstić information content (AvgIpc) is 2.75. The zero-order valence-corrected chi connectivity index (χ0v) is 16.7. The Kier molecular flexibility index (Phi) is 9.03. The van der Waals surface area contributed by atoms with E-state index in [1.54, 1.807) is 54.6 Å². The summed E-state index contributed by atoms with van der Waals surface area (Å²) < 4.78 is 5.07. The first kappa shape index (κ1) is 23.4. The van der Waals surface area contributed by atoms with Gasteiger partial charge in [0.1, 0.15) is 18.7 Å². The van der Waals surface area contributed by atoms with E-state index in [1.807, 2.05) is 6.07 Å². The summed E-state index contributed by atoms with van der Waals surface area (Å²) in [5, 5.41) is 23.1. The molecule has 4 N–H and O–H groups in total. The van der Waals surface area contributed by atoms with Gasteiger partial charge in [-0.05, 0) is 17.5 Å². The van der Waals surface area contributed by atoms with Crippen molar-refractivity contribution >= 4 is 23.9 Å². The molecule has 9 nitrogen and oxygen atoms in total. The minimum Gasteiger partial charge on any atom is -0.481 e. The predicted octanol–water partition coefficient (Wildman–Crippen LogP) is 1.96. The van der Waals surface area contributed by atoms with Gasteiger partial charge in [0, 0.05) is 12.8 Å². The van der Waals surface area contributed by atoms with E-state index in [2.05, 4.69) is 10.6 Å². The standard InChI is InChI=1S/C22H24N2O7/c25-19(26)12-11-17(24-22(30)31-14-16-9-5-2-6-10-16)20(27)23-18(21(28)29)13-15-7-3-1-4-8-15/h1-10,17-18H,11-14H2,(H,23,27)(H,24,30)(H,25,26)(H,28,29)/t17?,18-/m0/s1. The molecular formula is C22H24N2O7. The Morgan fingerprint density at radius 2 is 1.39 bits per heavy atom. The number of carbonyl (C=O) groups is 4. The summed E-state index contributed by atoms with van der Waals surface area (Å²) in [6.07, 6.45) is -1.50. The fraction of sp³-hybridized carbons (Fsp3) is 0.273. The highest BCUT2D eigenvalue weighted by Crippen LogP contribution is 2.06. The monoisotopic (exact) mass is 428 g/mol. The number of carboxylic acids is 2. The van der Waals surface area contributed by atoms with Gasteiger partial charge in [-0.15, -0.1) is 0 Å². The maximum atomic E-state index is 12.6. The third-order valence-electron chi connectivity index (χ3n) is 4.37. The molecular weight excluding hydrogens is 404 g/mol. The van der Waals surface area contributed by atoms with E-state index >= 15 is 0 Å². The lowest BCUT2D eigenvalue weighted by Gasteiger charge is -2.21. The maximum absolute atomic E-state index is 12.6. The lowest BCUT2D eigenvalue weighted by molar-refractivity contribution is -0.142. The van der Waals surface area contributed by atoms with Crippen LogP contribution in [0.3, 0.4) is 0 Å². The molecule has 0 radical (unpaired) electrons. The number of benzene rings is 2. The molecule has 9 heteroatoms. The van der Waals surface area contributed by atoms with Gasteiger partial charge in [-0.3, -0.25) is 9.59 Å². The summed E-state index contributed by atoms with van der Waals surface area (Å²) >= 11 is 0. The van der Waals surface area contributed by atoms with E-state index in [-0.39, 0.29) is 19.4 Å². The molecule has 0 saturated carbocycles. The van der Waals surface area contributed by atoms with Crippen LogP contribution in [0, 0.1) is 0 Å². The van der Waals surface area contributed by atoms with Crippen LogP contribution in [-0.4, -0.2) is 46.2 Å². The number of hydrogen-bond donors (Lipinski definition) is 4. The molecule has 0 fully saturated rings. The van der Waals surface area contributed by atoms with Crippen LogP contribution >= 0.6 is 0 Å². The highest BCUT2D eigenvalue weighted by Gasteiger charge is 2.27. The fourth-order valence-corrected chi connectivity index (χ4v) is 2.77. The van der Waals surface area contributed by atoms with Crippen molar-refractivity contribution in [2.24, 2.45) is 0 Å². The summed E-state index contributed by atoms with van der Waals surface area (Å²) in [4.78, 5) is 47.3. The lowest BCUT2D eigenvalue weighted by atomic mass is 10.0. The Hall–Kier alpha value is -3.88. The first-order valence-electron chi connectivity index (χ1n) is 9.61. The van der Waals surface area contributed by atoms with Gasteiger partial charge in [0.05, 0.1) is 0 Å². The number of rotatable bonds is 11. The van der Waals surface area contributed by atoms with Gasteiger partial charge in [0.25, 0.3) is 0 Å². The Balaban J connectivity index is 2.00. The Morgan fingerprint density at radius 1 is 0.806 bits per heavy atom. The Bertz CT molecular complexity index is 887. The molecule has 0 aliphatic rings. The largest absolute Gasteiger partial charge is 0.481 e. The molecule has 0 aromatic heterocycles.